The highest BCUT2D eigenvalue weighted by Gasteiger charge is 2.29. The Balaban J connectivity index is 1.40. The predicted molar refractivity (Wildman–Crippen MR) is 100 cm³/mol. The van der Waals surface area contributed by atoms with Gasteiger partial charge in [-0.15, -0.1) is 11.8 Å². The molecule has 1 aliphatic heterocycles. The van der Waals surface area contributed by atoms with Crippen molar-refractivity contribution in [3.63, 3.8) is 0 Å². The van der Waals surface area contributed by atoms with Crippen LogP contribution in [0.2, 0.25) is 0 Å². The number of rotatable bonds is 7. The first-order valence-corrected chi connectivity index (χ1v) is 9.42. The van der Waals surface area contributed by atoms with Crippen LogP contribution in [-0.4, -0.2) is 29.5 Å². The molecule has 2 aromatic carbocycles. The minimum atomic E-state index is -0.534. The SMILES string of the molecule is O=C(C[C@@H]1Sc2ccccc2NC1=O)OCCCC(=O)c1ccc(F)cc1. The zero-order chi connectivity index (χ0) is 19.2. The summed E-state index contributed by atoms with van der Waals surface area (Å²) in [4.78, 5) is 36.9. The van der Waals surface area contributed by atoms with Gasteiger partial charge in [-0.2, -0.15) is 0 Å². The van der Waals surface area contributed by atoms with Crippen LogP contribution in [0.25, 0.3) is 0 Å². The highest BCUT2D eigenvalue weighted by molar-refractivity contribution is 8.01. The van der Waals surface area contributed by atoms with Crippen molar-refractivity contribution in [2.75, 3.05) is 11.9 Å². The molecule has 5 nitrogen and oxygen atoms in total. The fraction of sp³-hybridized carbons (Fsp3) is 0.250. The maximum Gasteiger partial charge on any atom is 0.307 e. The molecule has 3 rings (SSSR count). The maximum atomic E-state index is 12.8. The van der Waals surface area contributed by atoms with Crippen LogP contribution in [0.15, 0.2) is 53.4 Å². The van der Waals surface area contributed by atoms with E-state index in [9.17, 15) is 18.8 Å². The summed E-state index contributed by atoms with van der Waals surface area (Å²) < 4.78 is 18.0. The number of esters is 1. The van der Waals surface area contributed by atoms with Crippen LogP contribution in [0.5, 0.6) is 0 Å². The number of carbonyl (C=O) groups excluding carboxylic acids is 3. The lowest BCUT2D eigenvalue weighted by molar-refractivity contribution is -0.144. The molecule has 0 saturated carbocycles. The van der Waals surface area contributed by atoms with Gasteiger partial charge in [0.2, 0.25) is 5.91 Å². The fourth-order valence-corrected chi connectivity index (χ4v) is 3.73. The topological polar surface area (TPSA) is 72.5 Å². The van der Waals surface area contributed by atoms with Gasteiger partial charge >= 0.3 is 5.97 Å². The fourth-order valence-electron chi connectivity index (χ4n) is 2.64. The smallest absolute Gasteiger partial charge is 0.307 e. The number of benzene rings is 2. The van der Waals surface area contributed by atoms with Gasteiger partial charge in [0.15, 0.2) is 5.78 Å². The molecule has 0 aromatic heterocycles. The Morgan fingerprint density at radius 1 is 1.11 bits per heavy atom. The normalized spacial score (nSPS) is 15.6. The molecule has 7 heteroatoms. The summed E-state index contributed by atoms with van der Waals surface area (Å²) in [5, 5.41) is 2.25. The zero-order valence-electron chi connectivity index (χ0n) is 14.4. The molecule has 1 heterocycles. The van der Waals surface area contributed by atoms with Gasteiger partial charge in [-0.3, -0.25) is 14.4 Å². The first kappa shape index (κ1) is 19.1. The highest BCUT2D eigenvalue weighted by atomic mass is 32.2. The van der Waals surface area contributed by atoms with E-state index in [1.165, 1.54) is 36.0 Å². The molecule has 1 N–H and O–H groups in total. The Morgan fingerprint density at radius 3 is 2.63 bits per heavy atom. The van der Waals surface area contributed by atoms with Gasteiger partial charge in [-0.25, -0.2) is 4.39 Å². The standard InChI is InChI=1S/C20H18FNO4S/c21-14-9-7-13(8-10-14)16(23)5-3-11-26-19(24)12-18-20(25)22-15-4-1-2-6-17(15)27-18/h1-2,4,6-10,18H,3,5,11-12H2,(H,22,25)/t18-/m0/s1. The second-order valence-electron chi connectivity index (χ2n) is 6.05. The van der Waals surface area contributed by atoms with Gasteiger partial charge in [-0.1, -0.05) is 12.1 Å². The zero-order valence-corrected chi connectivity index (χ0v) is 15.3. The summed E-state index contributed by atoms with van der Waals surface area (Å²) in [6.07, 6.45) is 0.538. The molecule has 0 spiro atoms. The van der Waals surface area contributed by atoms with Crippen LogP contribution in [-0.2, 0) is 14.3 Å². The Bertz CT molecular complexity index is 853. The van der Waals surface area contributed by atoms with Crippen molar-refractivity contribution in [2.24, 2.45) is 0 Å². The molecule has 0 radical (unpaired) electrons. The first-order valence-electron chi connectivity index (χ1n) is 8.54. The lowest BCUT2D eigenvalue weighted by Crippen LogP contribution is -2.31. The summed E-state index contributed by atoms with van der Waals surface area (Å²) in [5.74, 6) is -1.23. The summed E-state index contributed by atoms with van der Waals surface area (Å²) in [7, 11) is 0. The number of ketones is 1. The number of ether oxygens (including phenoxy) is 1. The second kappa shape index (κ2) is 8.81. The van der Waals surface area contributed by atoms with E-state index in [0.29, 0.717) is 12.0 Å². The number of nitrogens with one attached hydrogen (secondary N) is 1. The number of anilines is 1. The van der Waals surface area contributed by atoms with Gasteiger partial charge in [-0.05, 0) is 42.8 Å². The maximum absolute atomic E-state index is 12.8. The molecular formula is C20H18FNO4S. The molecule has 1 amide bonds. The van der Waals surface area contributed by atoms with Gasteiger partial charge < -0.3 is 10.1 Å². The number of hydrogen-bond donors (Lipinski definition) is 1. The van der Waals surface area contributed by atoms with Crippen LogP contribution in [0, 0.1) is 5.82 Å². The number of fused-ring (bicyclic) bond motifs is 1. The van der Waals surface area contributed by atoms with E-state index >= 15 is 0 Å². The number of para-hydroxylation sites is 1. The van der Waals surface area contributed by atoms with Gasteiger partial charge in [0.1, 0.15) is 5.82 Å². The van der Waals surface area contributed by atoms with E-state index in [1.54, 1.807) is 0 Å². The Labute approximate surface area is 160 Å². The predicted octanol–water partition coefficient (Wildman–Crippen LogP) is 3.83. The molecule has 1 aliphatic rings. The quantitative estimate of drug-likeness (QED) is 0.444. The molecule has 0 unspecified atom stereocenters. The lowest BCUT2D eigenvalue weighted by Gasteiger charge is -2.23. The molecule has 2 aromatic rings. The van der Waals surface area contributed by atoms with E-state index in [0.717, 1.165) is 10.6 Å². The number of thioether (sulfide) groups is 1. The molecule has 27 heavy (non-hydrogen) atoms. The van der Waals surface area contributed by atoms with Gasteiger partial charge in [0.25, 0.3) is 0 Å². The van der Waals surface area contributed by atoms with Crippen LogP contribution in [0.3, 0.4) is 0 Å². The number of hydrogen-bond acceptors (Lipinski definition) is 5. The van der Waals surface area contributed by atoms with Crippen molar-refractivity contribution >= 4 is 35.1 Å². The van der Waals surface area contributed by atoms with Crippen LogP contribution >= 0.6 is 11.8 Å². The van der Waals surface area contributed by atoms with Crippen molar-refractivity contribution in [2.45, 2.75) is 29.4 Å². The first-order chi connectivity index (χ1) is 13.0. The molecule has 0 aliphatic carbocycles. The molecule has 0 bridgehead atoms. The number of amides is 1. The van der Waals surface area contributed by atoms with E-state index in [2.05, 4.69) is 5.32 Å². The summed E-state index contributed by atoms with van der Waals surface area (Å²) >= 11 is 1.34. The van der Waals surface area contributed by atoms with Crippen molar-refractivity contribution in [1.82, 2.24) is 0 Å². The minimum Gasteiger partial charge on any atom is -0.466 e. The Kier molecular flexibility index (Phi) is 6.24. The van der Waals surface area contributed by atoms with E-state index in [1.807, 2.05) is 24.3 Å². The number of carbonyl (C=O) groups is 3. The summed E-state index contributed by atoms with van der Waals surface area (Å²) in [5.41, 5.74) is 1.17. The Hall–Kier alpha value is -2.67. The summed E-state index contributed by atoms with van der Waals surface area (Å²) in [6, 6.07) is 12.7. The van der Waals surface area contributed by atoms with Crippen molar-refractivity contribution in [3.8, 4) is 0 Å². The molecule has 0 saturated heterocycles. The van der Waals surface area contributed by atoms with E-state index < -0.39 is 17.0 Å². The monoisotopic (exact) mass is 387 g/mol. The lowest BCUT2D eigenvalue weighted by atomic mass is 10.1. The third-order valence-electron chi connectivity index (χ3n) is 4.04. The van der Waals surface area contributed by atoms with Gasteiger partial charge in [0.05, 0.1) is 24.0 Å². The average Bonchev–Trinajstić information content (AvgIpc) is 2.66. The van der Waals surface area contributed by atoms with E-state index in [4.69, 9.17) is 4.74 Å². The largest absolute Gasteiger partial charge is 0.466 e. The average molecular weight is 387 g/mol. The van der Waals surface area contributed by atoms with Crippen LogP contribution in [0.1, 0.15) is 29.6 Å². The second-order valence-corrected chi connectivity index (χ2v) is 7.29. The molecule has 1 atom stereocenters. The van der Waals surface area contributed by atoms with E-state index in [-0.39, 0.29) is 31.1 Å². The van der Waals surface area contributed by atoms with Gasteiger partial charge in [0, 0.05) is 16.9 Å². The number of Topliss-reactive ketones (excluding diaryl/α,β-unsaturated/α-hetero) is 1. The molecule has 0 fully saturated rings. The third kappa shape index (κ3) is 5.17. The highest BCUT2D eigenvalue weighted by Crippen LogP contribution is 2.36. The number of halogens is 1. The van der Waals surface area contributed by atoms with Crippen molar-refractivity contribution in [1.29, 1.82) is 0 Å². The Morgan fingerprint density at radius 2 is 1.85 bits per heavy atom. The summed E-state index contributed by atoms with van der Waals surface area (Å²) in [6.45, 7) is 0.0986. The molecule has 140 valence electrons. The third-order valence-corrected chi connectivity index (χ3v) is 5.31. The van der Waals surface area contributed by atoms with Crippen molar-refractivity contribution in [3.05, 3.63) is 59.9 Å². The van der Waals surface area contributed by atoms with Crippen molar-refractivity contribution < 1.29 is 23.5 Å². The van der Waals surface area contributed by atoms with Crippen LogP contribution in [0.4, 0.5) is 10.1 Å². The minimum absolute atomic E-state index is 0.0310. The van der Waals surface area contributed by atoms with Crippen LogP contribution < -0.4 is 5.32 Å². The molecular weight excluding hydrogens is 369 g/mol.